The van der Waals surface area contributed by atoms with Crippen LogP contribution < -0.4 is 10.6 Å². The van der Waals surface area contributed by atoms with Crippen molar-refractivity contribution in [3.05, 3.63) is 99.0 Å². The van der Waals surface area contributed by atoms with Gasteiger partial charge in [0.1, 0.15) is 6.54 Å². The normalized spacial score (nSPS) is 10.8. The minimum Gasteiger partial charge on any atom is -0.378 e. The lowest BCUT2D eigenvalue weighted by Gasteiger charge is -2.09. The van der Waals surface area contributed by atoms with Gasteiger partial charge in [-0.1, -0.05) is 59.1 Å². The Bertz CT molecular complexity index is 1330. The SMILES string of the molecule is Cc1ccc(NC(=O)Cn2nc(CNc3ccc(Cl)c(Cl)c3)n(-c3ccccc3)c2=S)cc1. The monoisotopic (exact) mass is 497 g/mol. The standard InChI is InChI=1S/C24H21Cl2N5OS/c1-16-7-9-17(10-8-16)28-23(32)15-30-24(33)31(19-5-3-2-4-6-19)22(29-30)14-27-18-11-12-20(25)21(26)13-18/h2-13,27H,14-15H2,1H3,(H,28,32). The Kier molecular flexibility index (Phi) is 7.13. The third-order valence-corrected chi connectivity index (χ3v) is 6.05. The Morgan fingerprint density at radius 3 is 2.36 bits per heavy atom. The number of hydrogen-bond acceptors (Lipinski definition) is 4. The maximum atomic E-state index is 12.7. The fourth-order valence-corrected chi connectivity index (χ4v) is 3.88. The van der Waals surface area contributed by atoms with Gasteiger partial charge >= 0.3 is 0 Å². The molecule has 1 heterocycles. The molecule has 0 radical (unpaired) electrons. The minimum absolute atomic E-state index is 0.00762. The first-order valence-electron chi connectivity index (χ1n) is 10.2. The third-order valence-electron chi connectivity index (χ3n) is 4.92. The largest absolute Gasteiger partial charge is 0.378 e. The topological polar surface area (TPSA) is 63.9 Å². The Morgan fingerprint density at radius 1 is 0.970 bits per heavy atom. The quantitative estimate of drug-likeness (QED) is 0.295. The van der Waals surface area contributed by atoms with Gasteiger partial charge in [-0.3, -0.25) is 9.36 Å². The van der Waals surface area contributed by atoms with Crippen molar-refractivity contribution < 1.29 is 4.79 Å². The van der Waals surface area contributed by atoms with Crippen LogP contribution in [0.5, 0.6) is 0 Å². The lowest BCUT2D eigenvalue weighted by Crippen LogP contribution is -2.20. The number of amides is 1. The Balaban J connectivity index is 1.59. The molecule has 4 rings (SSSR count). The van der Waals surface area contributed by atoms with Crippen LogP contribution in [0.4, 0.5) is 11.4 Å². The van der Waals surface area contributed by atoms with Crippen LogP contribution in [0, 0.1) is 11.7 Å². The van der Waals surface area contributed by atoms with Gasteiger partial charge in [0.25, 0.3) is 0 Å². The van der Waals surface area contributed by atoms with E-state index in [0.717, 1.165) is 22.6 Å². The lowest BCUT2D eigenvalue weighted by atomic mass is 10.2. The highest BCUT2D eigenvalue weighted by Gasteiger charge is 2.15. The zero-order chi connectivity index (χ0) is 23.4. The van der Waals surface area contributed by atoms with Gasteiger partial charge in [0, 0.05) is 17.1 Å². The van der Waals surface area contributed by atoms with Gasteiger partial charge < -0.3 is 10.6 Å². The van der Waals surface area contributed by atoms with E-state index in [-0.39, 0.29) is 12.5 Å². The molecule has 0 aliphatic rings. The summed E-state index contributed by atoms with van der Waals surface area (Å²) in [6.07, 6.45) is 0. The van der Waals surface area contributed by atoms with Gasteiger partial charge in [0.2, 0.25) is 10.7 Å². The molecule has 4 aromatic rings. The molecular weight excluding hydrogens is 477 g/mol. The number of hydrogen-bond donors (Lipinski definition) is 2. The first kappa shape index (κ1) is 23.0. The van der Waals surface area contributed by atoms with E-state index in [1.54, 1.807) is 12.1 Å². The van der Waals surface area contributed by atoms with Crippen LogP contribution in [0.25, 0.3) is 5.69 Å². The van der Waals surface area contributed by atoms with Crippen LogP contribution in [0.3, 0.4) is 0 Å². The molecule has 2 N–H and O–H groups in total. The van der Waals surface area contributed by atoms with E-state index in [4.69, 9.17) is 35.4 Å². The molecule has 0 aliphatic carbocycles. The number of nitrogens with one attached hydrogen (secondary N) is 2. The van der Waals surface area contributed by atoms with Crippen molar-refractivity contribution in [2.45, 2.75) is 20.0 Å². The number of benzene rings is 3. The number of carbonyl (C=O) groups excluding carboxylic acids is 1. The van der Waals surface area contributed by atoms with Gasteiger partial charge in [0.05, 0.1) is 16.6 Å². The van der Waals surface area contributed by atoms with Crippen LogP contribution in [-0.4, -0.2) is 20.3 Å². The number of anilines is 2. The van der Waals surface area contributed by atoms with Crippen molar-refractivity contribution in [2.24, 2.45) is 0 Å². The molecule has 1 aromatic heterocycles. The van der Waals surface area contributed by atoms with Crippen molar-refractivity contribution in [2.75, 3.05) is 10.6 Å². The zero-order valence-corrected chi connectivity index (χ0v) is 20.1. The van der Waals surface area contributed by atoms with Crippen molar-refractivity contribution in [1.82, 2.24) is 14.3 Å². The number of carbonyl (C=O) groups is 1. The van der Waals surface area contributed by atoms with E-state index in [1.165, 1.54) is 4.68 Å². The molecular formula is C24H21Cl2N5OS. The number of rotatable bonds is 7. The van der Waals surface area contributed by atoms with Crippen LogP contribution in [-0.2, 0) is 17.9 Å². The van der Waals surface area contributed by atoms with Crippen molar-refractivity contribution in [3.8, 4) is 5.69 Å². The summed E-state index contributed by atoms with van der Waals surface area (Å²) in [5.41, 5.74) is 3.50. The number of aryl methyl sites for hydroxylation is 1. The maximum Gasteiger partial charge on any atom is 0.246 e. The predicted octanol–water partition coefficient (Wildman–Crippen LogP) is 6.27. The summed E-state index contributed by atoms with van der Waals surface area (Å²) in [6.45, 7) is 2.35. The molecule has 0 atom stereocenters. The van der Waals surface area contributed by atoms with E-state index in [9.17, 15) is 4.79 Å². The van der Waals surface area contributed by atoms with Gasteiger partial charge in [-0.25, -0.2) is 4.68 Å². The molecule has 3 aromatic carbocycles. The van der Waals surface area contributed by atoms with E-state index in [1.807, 2.05) is 72.2 Å². The van der Waals surface area contributed by atoms with Crippen molar-refractivity contribution >= 4 is 52.7 Å². The fourth-order valence-electron chi connectivity index (χ4n) is 3.27. The van der Waals surface area contributed by atoms with E-state index in [0.29, 0.717) is 27.2 Å². The molecule has 0 unspecified atom stereocenters. The minimum atomic E-state index is -0.211. The van der Waals surface area contributed by atoms with Gasteiger partial charge in [0.15, 0.2) is 5.82 Å². The van der Waals surface area contributed by atoms with Crippen LogP contribution in [0.2, 0.25) is 10.0 Å². The molecule has 0 spiro atoms. The molecule has 0 saturated carbocycles. The molecule has 6 nitrogen and oxygen atoms in total. The summed E-state index contributed by atoms with van der Waals surface area (Å²) in [7, 11) is 0. The fraction of sp³-hybridized carbons (Fsp3) is 0.125. The first-order chi connectivity index (χ1) is 15.9. The summed E-state index contributed by atoms with van der Waals surface area (Å²) in [5.74, 6) is 0.442. The number of aromatic nitrogens is 3. The van der Waals surface area contributed by atoms with Crippen molar-refractivity contribution in [3.63, 3.8) is 0 Å². The smallest absolute Gasteiger partial charge is 0.246 e. The molecule has 0 aliphatic heterocycles. The van der Waals surface area contributed by atoms with Gasteiger partial charge in [-0.15, -0.1) is 0 Å². The molecule has 9 heteroatoms. The second-order valence-corrected chi connectivity index (χ2v) is 8.60. The van der Waals surface area contributed by atoms with Crippen molar-refractivity contribution in [1.29, 1.82) is 0 Å². The molecule has 1 amide bonds. The number of halogens is 2. The van der Waals surface area contributed by atoms with E-state index >= 15 is 0 Å². The van der Waals surface area contributed by atoms with Crippen LogP contribution in [0.1, 0.15) is 11.4 Å². The number of para-hydroxylation sites is 1. The molecule has 168 valence electrons. The summed E-state index contributed by atoms with van der Waals surface area (Å²) in [5, 5.41) is 11.7. The second kappa shape index (κ2) is 10.2. The Hall–Kier alpha value is -3.13. The highest BCUT2D eigenvalue weighted by Crippen LogP contribution is 2.25. The highest BCUT2D eigenvalue weighted by molar-refractivity contribution is 7.71. The van der Waals surface area contributed by atoms with Crippen LogP contribution >= 0.6 is 35.4 Å². The second-order valence-electron chi connectivity index (χ2n) is 7.42. The Labute approximate surface area is 206 Å². The number of nitrogens with zero attached hydrogens (tertiary/aromatic N) is 3. The van der Waals surface area contributed by atoms with E-state index < -0.39 is 0 Å². The van der Waals surface area contributed by atoms with E-state index in [2.05, 4.69) is 15.7 Å². The average molecular weight is 498 g/mol. The average Bonchev–Trinajstić information content (AvgIpc) is 3.11. The molecule has 0 fully saturated rings. The molecule has 33 heavy (non-hydrogen) atoms. The Morgan fingerprint density at radius 2 is 1.67 bits per heavy atom. The van der Waals surface area contributed by atoms with Crippen LogP contribution in [0.15, 0.2) is 72.8 Å². The summed E-state index contributed by atoms with van der Waals surface area (Å²) in [4.78, 5) is 12.7. The van der Waals surface area contributed by atoms with Gasteiger partial charge in [-0.05, 0) is 61.6 Å². The molecule has 0 saturated heterocycles. The predicted molar refractivity (Wildman–Crippen MR) is 136 cm³/mol. The summed E-state index contributed by atoms with van der Waals surface area (Å²) < 4.78 is 3.79. The summed E-state index contributed by atoms with van der Waals surface area (Å²) in [6, 6.07) is 22.6. The lowest BCUT2D eigenvalue weighted by molar-refractivity contribution is -0.116. The summed E-state index contributed by atoms with van der Waals surface area (Å²) >= 11 is 17.8. The zero-order valence-electron chi connectivity index (χ0n) is 17.8. The maximum absolute atomic E-state index is 12.7. The molecule has 0 bridgehead atoms. The first-order valence-corrected chi connectivity index (χ1v) is 11.4. The highest BCUT2D eigenvalue weighted by atomic mass is 35.5. The van der Waals surface area contributed by atoms with Gasteiger partial charge in [-0.2, -0.15) is 5.10 Å². The third kappa shape index (κ3) is 5.63.